The average molecular weight is 252 g/mol. The molecule has 0 aromatic heterocycles. The maximum Gasteiger partial charge on any atom is 0.0494 e. The quantitative estimate of drug-likeness (QED) is 0.709. The largest absolute Gasteiger partial charge is 0.371 e. The van der Waals surface area contributed by atoms with E-state index >= 15 is 0 Å². The van der Waals surface area contributed by atoms with Gasteiger partial charge in [-0.25, -0.2) is 0 Å². The van der Waals surface area contributed by atoms with Crippen molar-refractivity contribution >= 4 is 17.3 Å². The normalized spacial score (nSPS) is 20.9. The molecular formula is C15H22ClN. The van der Waals surface area contributed by atoms with Crippen molar-refractivity contribution in [1.82, 2.24) is 0 Å². The van der Waals surface area contributed by atoms with E-state index in [1.165, 1.54) is 17.7 Å². The topological polar surface area (TPSA) is 3.24 Å². The molecular weight excluding hydrogens is 230 g/mol. The van der Waals surface area contributed by atoms with Crippen LogP contribution in [0.1, 0.15) is 32.8 Å². The van der Waals surface area contributed by atoms with Crippen molar-refractivity contribution in [2.75, 3.05) is 18.0 Å². The predicted molar refractivity (Wildman–Crippen MR) is 75.8 cm³/mol. The summed E-state index contributed by atoms with van der Waals surface area (Å²) in [6.07, 6.45) is 1.29. The van der Waals surface area contributed by atoms with Crippen LogP contribution >= 0.6 is 11.6 Å². The van der Waals surface area contributed by atoms with Crippen molar-refractivity contribution in [2.24, 2.45) is 11.3 Å². The Balaban J connectivity index is 2.15. The molecule has 1 nitrogen and oxygen atoms in total. The molecule has 1 saturated heterocycles. The van der Waals surface area contributed by atoms with Crippen LogP contribution in [0.15, 0.2) is 24.3 Å². The van der Waals surface area contributed by atoms with Crippen molar-refractivity contribution in [3.8, 4) is 0 Å². The Morgan fingerprint density at radius 3 is 2.59 bits per heavy atom. The van der Waals surface area contributed by atoms with Gasteiger partial charge < -0.3 is 4.90 Å². The van der Waals surface area contributed by atoms with Gasteiger partial charge in [-0.1, -0.05) is 39.0 Å². The number of benzene rings is 1. The molecule has 0 radical (unpaired) electrons. The summed E-state index contributed by atoms with van der Waals surface area (Å²) in [5.74, 6) is 1.39. The van der Waals surface area contributed by atoms with Gasteiger partial charge in [0, 0.05) is 24.7 Å². The van der Waals surface area contributed by atoms with Crippen LogP contribution in [0.5, 0.6) is 0 Å². The van der Waals surface area contributed by atoms with Crippen LogP contribution < -0.4 is 4.90 Å². The zero-order valence-corrected chi connectivity index (χ0v) is 11.8. The lowest BCUT2D eigenvalue weighted by Gasteiger charge is -2.28. The molecule has 94 valence electrons. The smallest absolute Gasteiger partial charge is 0.0494 e. The molecule has 1 heterocycles. The number of alkyl halides is 1. The van der Waals surface area contributed by atoms with Gasteiger partial charge in [-0.05, 0) is 29.4 Å². The summed E-state index contributed by atoms with van der Waals surface area (Å²) in [6.45, 7) is 9.35. The minimum atomic E-state index is 0.407. The third kappa shape index (κ3) is 2.77. The lowest BCUT2D eigenvalue weighted by atomic mass is 9.80. The summed E-state index contributed by atoms with van der Waals surface area (Å²) in [5, 5.41) is 0. The lowest BCUT2D eigenvalue weighted by Crippen LogP contribution is -2.26. The molecule has 1 atom stereocenters. The van der Waals surface area contributed by atoms with Crippen LogP contribution in [0.3, 0.4) is 0 Å². The van der Waals surface area contributed by atoms with E-state index in [0.717, 1.165) is 19.0 Å². The Labute approximate surface area is 110 Å². The Kier molecular flexibility index (Phi) is 3.67. The number of hydrogen-bond acceptors (Lipinski definition) is 1. The van der Waals surface area contributed by atoms with E-state index in [0.29, 0.717) is 11.3 Å². The standard InChI is InChI=1S/C15H22ClN/c1-15(2,3)13-8-9-17(11-13)14-7-5-4-6-12(14)10-16/h4-7,13H,8-11H2,1-3H3. The van der Waals surface area contributed by atoms with Crippen molar-refractivity contribution < 1.29 is 0 Å². The fourth-order valence-electron chi connectivity index (χ4n) is 2.62. The van der Waals surface area contributed by atoms with Crippen LogP contribution in [0.2, 0.25) is 0 Å². The first-order valence-corrected chi connectivity index (χ1v) is 6.94. The fraction of sp³-hybridized carbons (Fsp3) is 0.600. The van der Waals surface area contributed by atoms with Gasteiger partial charge in [-0.3, -0.25) is 0 Å². The summed E-state index contributed by atoms with van der Waals surface area (Å²) in [5.41, 5.74) is 2.99. The molecule has 1 aliphatic heterocycles. The maximum absolute atomic E-state index is 6.01. The highest BCUT2D eigenvalue weighted by Gasteiger charge is 2.32. The van der Waals surface area contributed by atoms with E-state index in [4.69, 9.17) is 11.6 Å². The molecule has 0 amide bonds. The summed E-state index contributed by atoms with van der Waals surface area (Å²) in [7, 11) is 0. The van der Waals surface area contributed by atoms with Gasteiger partial charge >= 0.3 is 0 Å². The molecule has 1 fully saturated rings. The molecule has 1 unspecified atom stereocenters. The van der Waals surface area contributed by atoms with Gasteiger partial charge in [0.1, 0.15) is 0 Å². The average Bonchev–Trinajstić information content (AvgIpc) is 2.77. The number of hydrogen-bond donors (Lipinski definition) is 0. The van der Waals surface area contributed by atoms with Crippen LogP contribution in [0, 0.1) is 11.3 Å². The Morgan fingerprint density at radius 2 is 2.00 bits per heavy atom. The minimum absolute atomic E-state index is 0.407. The monoisotopic (exact) mass is 251 g/mol. The molecule has 17 heavy (non-hydrogen) atoms. The number of rotatable bonds is 2. The minimum Gasteiger partial charge on any atom is -0.371 e. The molecule has 0 saturated carbocycles. The number of anilines is 1. The molecule has 1 aromatic carbocycles. The SMILES string of the molecule is CC(C)(C)C1CCN(c2ccccc2CCl)C1. The molecule has 2 heteroatoms. The van der Waals surface area contributed by atoms with Crippen molar-refractivity contribution in [2.45, 2.75) is 33.1 Å². The second-order valence-electron chi connectivity index (χ2n) is 6.06. The predicted octanol–water partition coefficient (Wildman–Crippen LogP) is 4.30. The van der Waals surface area contributed by atoms with E-state index in [-0.39, 0.29) is 0 Å². The Hall–Kier alpha value is -0.690. The van der Waals surface area contributed by atoms with E-state index in [1.807, 2.05) is 0 Å². The lowest BCUT2D eigenvalue weighted by molar-refractivity contribution is 0.263. The first-order chi connectivity index (χ1) is 8.02. The highest BCUT2D eigenvalue weighted by molar-refractivity contribution is 6.17. The second-order valence-corrected chi connectivity index (χ2v) is 6.33. The van der Waals surface area contributed by atoms with Gasteiger partial charge in [-0.15, -0.1) is 11.6 Å². The van der Waals surface area contributed by atoms with Gasteiger partial charge in [0.25, 0.3) is 0 Å². The Bertz CT molecular complexity index is 381. The fourth-order valence-corrected chi connectivity index (χ4v) is 2.84. The van der Waals surface area contributed by atoms with Crippen LogP contribution in [0.25, 0.3) is 0 Å². The van der Waals surface area contributed by atoms with Crippen LogP contribution in [0.4, 0.5) is 5.69 Å². The van der Waals surface area contributed by atoms with Crippen LogP contribution in [-0.4, -0.2) is 13.1 Å². The number of para-hydroxylation sites is 1. The molecule has 2 rings (SSSR count). The highest BCUT2D eigenvalue weighted by atomic mass is 35.5. The molecule has 1 aliphatic rings. The van der Waals surface area contributed by atoms with Gasteiger partial charge in [0.05, 0.1) is 0 Å². The maximum atomic E-state index is 6.01. The Morgan fingerprint density at radius 1 is 1.29 bits per heavy atom. The van der Waals surface area contributed by atoms with Gasteiger partial charge in [-0.2, -0.15) is 0 Å². The third-order valence-corrected chi connectivity index (χ3v) is 4.18. The van der Waals surface area contributed by atoms with Crippen molar-refractivity contribution in [3.63, 3.8) is 0 Å². The van der Waals surface area contributed by atoms with Crippen molar-refractivity contribution in [1.29, 1.82) is 0 Å². The summed E-state index contributed by atoms with van der Waals surface area (Å²) >= 11 is 6.01. The molecule has 0 bridgehead atoms. The molecule has 1 aromatic rings. The first-order valence-electron chi connectivity index (χ1n) is 6.41. The third-order valence-electron chi connectivity index (χ3n) is 3.89. The molecule has 0 aliphatic carbocycles. The zero-order chi connectivity index (χ0) is 12.5. The summed E-state index contributed by atoms with van der Waals surface area (Å²) < 4.78 is 0. The summed E-state index contributed by atoms with van der Waals surface area (Å²) in [6, 6.07) is 8.50. The highest BCUT2D eigenvalue weighted by Crippen LogP contribution is 2.36. The van der Waals surface area contributed by atoms with Crippen LogP contribution in [-0.2, 0) is 5.88 Å². The zero-order valence-electron chi connectivity index (χ0n) is 11.0. The molecule has 0 N–H and O–H groups in total. The van der Waals surface area contributed by atoms with E-state index in [1.54, 1.807) is 0 Å². The van der Waals surface area contributed by atoms with Crippen molar-refractivity contribution in [3.05, 3.63) is 29.8 Å². The van der Waals surface area contributed by atoms with E-state index in [9.17, 15) is 0 Å². The second kappa shape index (κ2) is 4.89. The first kappa shape index (κ1) is 12.8. The summed E-state index contributed by atoms with van der Waals surface area (Å²) in [4.78, 5) is 2.49. The van der Waals surface area contributed by atoms with Gasteiger partial charge in [0.15, 0.2) is 0 Å². The molecule has 0 spiro atoms. The van der Waals surface area contributed by atoms with Gasteiger partial charge in [0.2, 0.25) is 0 Å². The van der Waals surface area contributed by atoms with E-state index < -0.39 is 0 Å². The van der Waals surface area contributed by atoms with E-state index in [2.05, 4.69) is 49.9 Å². The number of nitrogens with zero attached hydrogens (tertiary/aromatic N) is 1. The number of halogens is 1.